The van der Waals surface area contributed by atoms with Crippen LogP contribution in [-0.4, -0.2) is 36.8 Å². The minimum absolute atomic E-state index is 0.0445. The van der Waals surface area contributed by atoms with Crippen LogP contribution in [0.4, 0.5) is 5.13 Å². The average Bonchev–Trinajstić information content (AvgIpc) is 3.37. The maximum atomic E-state index is 13.3. The Morgan fingerprint density at radius 2 is 2.07 bits per heavy atom. The van der Waals surface area contributed by atoms with E-state index in [2.05, 4.69) is 26.0 Å². The second kappa shape index (κ2) is 9.14. The molecule has 1 aliphatic heterocycles. The molecule has 1 amide bonds. The molecule has 2 heterocycles. The van der Waals surface area contributed by atoms with Gasteiger partial charge in [0.25, 0.3) is 0 Å². The summed E-state index contributed by atoms with van der Waals surface area (Å²) >= 11 is 1.59. The van der Waals surface area contributed by atoms with Crippen molar-refractivity contribution in [3.63, 3.8) is 0 Å². The van der Waals surface area contributed by atoms with E-state index in [0.29, 0.717) is 19.6 Å². The third kappa shape index (κ3) is 4.65. The lowest BCUT2D eigenvalue weighted by Gasteiger charge is -2.23. The molecule has 1 aliphatic rings. The number of rotatable bonds is 7. The molecule has 0 radical (unpaired) electrons. The molecule has 5 nitrogen and oxygen atoms in total. The number of amides is 1. The van der Waals surface area contributed by atoms with Gasteiger partial charge in [-0.2, -0.15) is 0 Å². The molecule has 0 N–H and O–H groups in total. The average molecular weight is 425 g/mol. The first kappa shape index (κ1) is 20.8. The fourth-order valence-corrected chi connectivity index (χ4v) is 4.94. The van der Waals surface area contributed by atoms with Crippen LogP contribution in [0.25, 0.3) is 10.2 Å². The molecular weight excluding hydrogens is 396 g/mol. The van der Waals surface area contributed by atoms with Crippen LogP contribution in [0.15, 0.2) is 36.4 Å². The number of benzene rings is 2. The Balaban J connectivity index is 1.60. The van der Waals surface area contributed by atoms with Crippen molar-refractivity contribution in [2.75, 3.05) is 24.7 Å². The maximum Gasteiger partial charge on any atom is 0.233 e. The maximum absolute atomic E-state index is 13.3. The van der Waals surface area contributed by atoms with E-state index in [1.807, 2.05) is 36.1 Å². The Bertz CT molecular complexity index is 1020. The molecule has 1 aromatic heterocycles. The number of ether oxygens (including phenoxy) is 2. The van der Waals surface area contributed by atoms with E-state index >= 15 is 0 Å². The van der Waals surface area contributed by atoms with E-state index < -0.39 is 0 Å². The van der Waals surface area contributed by atoms with E-state index in [-0.39, 0.29) is 12.0 Å². The smallest absolute Gasteiger partial charge is 0.233 e. The van der Waals surface area contributed by atoms with Gasteiger partial charge in [-0.3, -0.25) is 9.69 Å². The Morgan fingerprint density at radius 3 is 2.77 bits per heavy atom. The second-order valence-electron chi connectivity index (χ2n) is 7.82. The highest BCUT2D eigenvalue weighted by molar-refractivity contribution is 7.22. The quantitative estimate of drug-likeness (QED) is 0.532. The molecule has 1 saturated heterocycles. The van der Waals surface area contributed by atoms with Crippen molar-refractivity contribution in [1.82, 2.24) is 4.98 Å². The summed E-state index contributed by atoms with van der Waals surface area (Å²) in [5.41, 5.74) is 4.31. The zero-order valence-electron chi connectivity index (χ0n) is 17.8. The molecule has 0 bridgehead atoms. The van der Waals surface area contributed by atoms with E-state index in [1.54, 1.807) is 11.3 Å². The van der Waals surface area contributed by atoms with Crippen LogP contribution in [0.1, 0.15) is 36.5 Å². The number of anilines is 1. The zero-order valence-corrected chi connectivity index (χ0v) is 18.6. The van der Waals surface area contributed by atoms with Crippen molar-refractivity contribution in [1.29, 1.82) is 0 Å². The summed E-state index contributed by atoms with van der Waals surface area (Å²) in [6.45, 7) is 8.08. The van der Waals surface area contributed by atoms with Gasteiger partial charge in [0.1, 0.15) is 5.75 Å². The molecule has 0 saturated carbocycles. The SMILES string of the molecule is CCOc1ccc(CC(=O)N(C[C@@H]2CCCO2)c2nc3cc(C)cc(C)c3s2)cc1. The summed E-state index contributed by atoms with van der Waals surface area (Å²) in [6, 6.07) is 12.0. The minimum atomic E-state index is 0.0445. The lowest BCUT2D eigenvalue weighted by molar-refractivity contribution is -0.118. The normalized spacial score (nSPS) is 16.2. The highest BCUT2D eigenvalue weighted by Crippen LogP contribution is 2.33. The number of fused-ring (bicyclic) bond motifs is 1. The Labute approximate surface area is 181 Å². The van der Waals surface area contributed by atoms with Crippen molar-refractivity contribution in [2.24, 2.45) is 0 Å². The molecular formula is C24H28N2O3S. The van der Waals surface area contributed by atoms with E-state index in [1.165, 1.54) is 11.1 Å². The molecule has 3 aromatic rings. The number of nitrogens with zero attached hydrogens (tertiary/aromatic N) is 2. The van der Waals surface area contributed by atoms with Crippen molar-refractivity contribution in [3.05, 3.63) is 53.1 Å². The van der Waals surface area contributed by atoms with Crippen LogP contribution >= 0.6 is 11.3 Å². The third-order valence-corrected chi connectivity index (χ3v) is 6.57. The molecule has 1 atom stereocenters. The van der Waals surface area contributed by atoms with Gasteiger partial charge in [0.15, 0.2) is 5.13 Å². The first-order valence-corrected chi connectivity index (χ1v) is 11.4. The molecule has 2 aromatic carbocycles. The van der Waals surface area contributed by atoms with Gasteiger partial charge >= 0.3 is 0 Å². The second-order valence-corrected chi connectivity index (χ2v) is 8.80. The van der Waals surface area contributed by atoms with Crippen molar-refractivity contribution >= 4 is 32.6 Å². The summed E-state index contributed by atoms with van der Waals surface area (Å²) < 4.78 is 12.5. The molecule has 1 fully saturated rings. The van der Waals surface area contributed by atoms with Crippen LogP contribution < -0.4 is 9.64 Å². The summed E-state index contributed by atoms with van der Waals surface area (Å²) in [5.74, 6) is 0.866. The molecule has 6 heteroatoms. The molecule has 158 valence electrons. The zero-order chi connectivity index (χ0) is 21.1. The van der Waals surface area contributed by atoms with Gasteiger partial charge in [-0.25, -0.2) is 4.98 Å². The number of hydrogen-bond acceptors (Lipinski definition) is 5. The standard InChI is InChI=1S/C24H28N2O3S/c1-4-28-19-9-7-18(8-10-19)14-22(27)26(15-20-6-5-11-29-20)24-25-21-13-16(2)12-17(3)23(21)30-24/h7-10,12-13,20H,4-6,11,14-15H2,1-3H3/t20-/m0/s1. The monoisotopic (exact) mass is 424 g/mol. The van der Waals surface area contributed by atoms with Gasteiger partial charge in [0.2, 0.25) is 5.91 Å². The number of carbonyl (C=O) groups excluding carboxylic acids is 1. The number of hydrogen-bond donors (Lipinski definition) is 0. The summed E-state index contributed by atoms with van der Waals surface area (Å²) in [7, 11) is 0. The van der Waals surface area contributed by atoms with Crippen LogP contribution in [0, 0.1) is 13.8 Å². The summed E-state index contributed by atoms with van der Waals surface area (Å²) in [5, 5.41) is 0.755. The van der Waals surface area contributed by atoms with Gasteiger partial charge in [-0.1, -0.05) is 29.5 Å². The van der Waals surface area contributed by atoms with Crippen LogP contribution in [0.3, 0.4) is 0 Å². The fourth-order valence-electron chi connectivity index (χ4n) is 3.90. The summed E-state index contributed by atoms with van der Waals surface area (Å²) in [6.07, 6.45) is 2.43. The lowest BCUT2D eigenvalue weighted by atomic mass is 10.1. The largest absolute Gasteiger partial charge is 0.494 e. The molecule has 4 rings (SSSR count). The molecule has 0 unspecified atom stereocenters. The highest BCUT2D eigenvalue weighted by atomic mass is 32.1. The van der Waals surface area contributed by atoms with Gasteiger partial charge in [-0.15, -0.1) is 0 Å². The first-order chi connectivity index (χ1) is 14.5. The predicted molar refractivity (Wildman–Crippen MR) is 122 cm³/mol. The van der Waals surface area contributed by atoms with Crippen molar-refractivity contribution in [2.45, 2.75) is 46.1 Å². The van der Waals surface area contributed by atoms with Crippen molar-refractivity contribution < 1.29 is 14.3 Å². The van der Waals surface area contributed by atoms with E-state index in [4.69, 9.17) is 14.5 Å². The molecule has 0 spiro atoms. The number of aromatic nitrogens is 1. The molecule has 0 aliphatic carbocycles. The van der Waals surface area contributed by atoms with Gasteiger partial charge in [0.05, 0.1) is 35.9 Å². The minimum Gasteiger partial charge on any atom is -0.494 e. The third-order valence-electron chi connectivity index (χ3n) is 5.34. The van der Waals surface area contributed by atoms with Gasteiger partial charge < -0.3 is 9.47 Å². The van der Waals surface area contributed by atoms with Crippen LogP contribution in [0.2, 0.25) is 0 Å². The topological polar surface area (TPSA) is 51.7 Å². The number of aryl methyl sites for hydroxylation is 2. The molecule has 30 heavy (non-hydrogen) atoms. The lowest BCUT2D eigenvalue weighted by Crippen LogP contribution is -2.38. The van der Waals surface area contributed by atoms with Gasteiger partial charge in [-0.05, 0) is 68.5 Å². The number of thiazole rings is 1. The van der Waals surface area contributed by atoms with E-state index in [9.17, 15) is 4.79 Å². The van der Waals surface area contributed by atoms with E-state index in [0.717, 1.165) is 46.1 Å². The number of carbonyl (C=O) groups is 1. The fraction of sp³-hybridized carbons (Fsp3) is 0.417. The van der Waals surface area contributed by atoms with Crippen LogP contribution in [-0.2, 0) is 16.0 Å². The Hall–Kier alpha value is -2.44. The Morgan fingerprint density at radius 1 is 1.27 bits per heavy atom. The van der Waals surface area contributed by atoms with Crippen molar-refractivity contribution in [3.8, 4) is 5.75 Å². The van der Waals surface area contributed by atoms with Crippen LogP contribution in [0.5, 0.6) is 5.75 Å². The summed E-state index contributed by atoms with van der Waals surface area (Å²) in [4.78, 5) is 20.0. The first-order valence-electron chi connectivity index (χ1n) is 10.5. The predicted octanol–water partition coefficient (Wildman–Crippen LogP) is 5.07. The van der Waals surface area contributed by atoms with Gasteiger partial charge in [0, 0.05) is 6.61 Å². The Kier molecular flexibility index (Phi) is 6.35. The highest BCUT2D eigenvalue weighted by Gasteiger charge is 2.26.